The second kappa shape index (κ2) is 5.91. The quantitative estimate of drug-likeness (QED) is 0.515. The van der Waals surface area contributed by atoms with E-state index in [9.17, 15) is 24.8 Å². The number of hydrogen-bond acceptors (Lipinski definition) is 5. The van der Waals surface area contributed by atoms with Gasteiger partial charge in [-0.2, -0.15) is 0 Å². The molecule has 3 N–H and O–H groups in total. The van der Waals surface area contributed by atoms with Gasteiger partial charge in [0.2, 0.25) is 0 Å². The Labute approximate surface area is 107 Å². The van der Waals surface area contributed by atoms with E-state index in [-0.39, 0.29) is 11.3 Å². The summed E-state index contributed by atoms with van der Waals surface area (Å²) in [6.45, 7) is 1.23. The highest BCUT2D eigenvalue weighted by molar-refractivity contribution is 5.96. The summed E-state index contributed by atoms with van der Waals surface area (Å²) in [5, 5.41) is 30.6. The molecule has 0 aliphatic carbocycles. The summed E-state index contributed by atoms with van der Waals surface area (Å²) in [5.74, 6) is -2.10. The lowest BCUT2D eigenvalue weighted by Gasteiger charge is -2.16. The van der Waals surface area contributed by atoms with E-state index in [1.165, 1.54) is 19.1 Å². The van der Waals surface area contributed by atoms with Gasteiger partial charge in [-0.15, -0.1) is 0 Å². The van der Waals surface area contributed by atoms with Gasteiger partial charge in [0.1, 0.15) is 0 Å². The Morgan fingerprint density at radius 3 is 2.21 bits per heavy atom. The molecule has 102 valence electrons. The first kappa shape index (κ1) is 14.6. The number of carbonyl (C=O) groups is 2. The number of aliphatic carboxylic acids is 1. The van der Waals surface area contributed by atoms with Gasteiger partial charge in [-0.3, -0.25) is 14.9 Å². The molecule has 8 heteroatoms. The van der Waals surface area contributed by atoms with Crippen molar-refractivity contribution in [2.24, 2.45) is 0 Å². The molecule has 8 nitrogen and oxygen atoms in total. The normalized spacial score (nSPS) is 13.4. The highest BCUT2D eigenvalue weighted by Crippen LogP contribution is 2.12. The third kappa shape index (κ3) is 3.75. The minimum atomic E-state index is -1.44. The van der Waals surface area contributed by atoms with Gasteiger partial charge >= 0.3 is 5.97 Å². The molecule has 1 aromatic carbocycles. The van der Waals surface area contributed by atoms with E-state index in [4.69, 9.17) is 5.11 Å². The van der Waals surface area contributed by atoms with Gasteiger partial charge in [-0.1, -0.05) is 0 Å². The lowest BCUT2D eigenvalue weighted by Crippen LogP contribution is -2.47. The van der Waals surface area contributed by atoms with Crippen molar-refractivity contribution in [3.63, 3.8) is 0 Å². The molecule has 1 aromatic rings. The molecule has 0 saturated heterocycles. The summed E-state index contributed by atoms with van der Waals surface area (Å²) >= 11 is 0. The Morgan fingerprint density at radius 2 is 1.84 bits per heavy atom. The maximum absolute atomic E-state index is 11.7. The second-order valence-corrected chi connectivity index (χ2v) is 3.83. The molecular formula is C11H12N2O6. The largest absolute Gasteiger partial charge is 0.480 e. The van der Waals surface area contributed by atoms with Gasteiger partial charge in [0.15, 0.2) is 6.04 Å². The van der Waals surface area contributed by atoms with Gasteiger partial charge in [0.25, 0.3) is 11.6 Å². The number of carbonyl (C=O) groups excluding carboxylic acids is 1. The Balaban J connectivity index is 2.83. The molecule has 0 unspecified atom stereocenters. The van der Waals surface area contributed by atoms with E-state index in [1.54, 1.807) is 0 Å². The molecule has 0 spiro atoms. The van der Waals surface area contributed by atoms with Crippen molar-refractivity contribution in [1.82, 2.24) is 5.32 Å². The van der Waals surface area contributed by atoms with E-state index < -0.39 is 28.9 Å². The van der Waals surface area contributed by atoms with Crippen LogP contribution in [0.5, 0.6) is 0 Å². The number of nitrogens with one attached hydrogen (secondary N) is 1. The fourth-order valence-corrected chi connectivity index (χ4v) is 1.35. The van der Waals surface area contributed by atoms with Crippen molar-refractivity contribution >= 4 is 17.6 Å². The van der Waals surface area contributed by atoms with Crippen LogP contribution in [0.15, 0.2) is 24.3 Å². The molecule has 0 fully saturated rings. The molecule has 0 bridgehead atoms. The summed E-state index contributed by atoms with van der Waals surface area (Å²) in [4.78, 5) is 32.3. The number of aliphatic hydroxyl groups is 1. The molecule has 1 amide bonds. The minimum Gasteiger partial charge on any atom is -0.480 e. The van der Waals surface area contributed by atoms with Gasteiger partial charge in [-0.05, 0) is 19.1 Å². The monoisotopic (exact) mass is 268 g/mol. The number of carboxylic acid groups (broad SMARTS) is 1. The maximum Gasteiger partial charge on any atom is 0.328 e. The van der Waals surface area contributed by atoms with Crippen LogP contribution in [0.2, 0.25) is 0 Å². The summed E-state index contributed by atoms with van der Waals surface area (Å²) in [6.07, 6.45) is -1.26. The zero-order valence-electron chi connectivity index (χ0n) is 9.94. The van der Waals surface area contributed by atoms with E-state index in [0.29, 0.717) is 0 Å². The summed E-state index contributed by atoms with van der Waals surface area (Å²) < 4.78 is 0. The highest BCUT2D eigenvalue weighted by atomic mass is 16.6. The number of nitro groups is 1. The number of carboxylic acids is 1. The van der Waals surface area contributed by atoms with Crippen LogP contribution in [0, 0.1) is 10.1 Å². The Bertz CT molecular complexity index is 496. The molecule has 0 radical (unpaired) electrons. The van der Waals surface area contributed by atoms with Gasteiger partial charge in [0.05, 0.1) is 11.0 Å². The van der Waals surface area contributed by atoms with E-state index in [1.807, 2.05) is 0 Å². The third-order valence-corrected chi connectivity index (χ3v) is 2.38. The molecule has 0 aromatic heterocycles. The van der Waals surface area contributed by atoms with Crippen LogP contribution in [0.4, 0.5) is 5.69 Å². The van der Waals surface area contributed by atoms with Crippen molar-refractivity contribution in [2.75, 3.05) is 0 Å². The molecule has 2 atom stereocenters. The smallest absolute Gasteiger partial charge is 0.328 e. The summed E-state index contributed by atoms with van der Waals surface area (Å²) in [5.41, 5.74) is -0.112. The summed E-state index contributed by atoms with van der Waals surface area (Å²) in [7, 11) is 0. The maximum atomic E-state index is 11.7. The Kier molecular flexibility index (Phi) is 4.54. The third-order valence-electron chi connectivity index (χ3n) is 2.38. The van der Waals surface area contributed by atoms with Gasteiger partial charge < -0.3 is 15.5 Å². The van der Waals surface area contributed by atoms with E-state index in [2.05, 4.69) is 5.32 Å². The molecule has 0 heterocycles. The van der Waals surface area contributed by atoms with Crippen molar-refractivity contribution in [1.29, 1.82) is 0 Å². The predicted molar refractivity (Wildman–Crippen MR) is 63.7 cm³/mol. The zero-order chi connectivity index (χ0) is 14.6. The van der Waals surface area contributed by atoms with E-state index in [0.717, 1.165) is 12.1 Å². The topological polar surface area (TPSA) is 130 Å². The van der Waals surface area contributed by atoms with Crippen LogP contribution in [0.1, 0.15) is 17.3 Å². The molecular weight excluding hydrogens is 256 g/mol. The van der Waals surface area contributed by atoms with Crippen LogP contribution in [0.3, 0.4) is 0 Å². The molecule has 0 aliphatic heterocycles. The Hall–Kier alpha value is -2.48. The highest BCUT2D eigenvalue weighted by Gasteiger charge is 2.25. The molecule has 1 rings (SSSR count). The van der Waals surface area contributed by atoms with E-state index >= 15 is 0 Å². The van der Waals surface area contributed by atoms with Gasteiger partial charge in [-0.25, -0.2) is 4.79 Å². The fourth-order valence-electron chi connectivity index (χ4n) is 1.35. The van der Waals surface area contributed by atoms with Crippen molar-refractivity contribution in [3.8, 4) is 0 Å². The first-order valence-corrected chi connectivity index (χ1v) is 5.29. The molecule has 19 heavy (non-hydrogen) atoms. The average Bonchev–Trinajstić information content (AvgIpc) is 2.34. The predicted octanol–water partition coefficient (Wildman–Crippen LogP) is 0.159. The first-order chi connectivity index (χ1) is 8.82. The lowest BCUT2D eigenvalue weighted by molar-refractivity contribution is -0.384. The van der Waals surface area contributed by atoms with Crippen molar-refractivity contribution in [2.45, 2.75) is 19.1 Å². The minimum absolute atomic E-state index is 0.0671. The number of amides is 1. The number of nitro benzene ring substituents is 1. The Morgan fingerprint density at radius 1 is 1.32 bits per heavy atom. The van der Waals surface area contributed by atoms with Crippen LogP contribution in [0.25, 0.3) is 0 Å². The average molecular weight is 268 g/mol. The molecule has 0 saturated carbocycles. The van der Waals surface area contributed by atoms with Gasteiger partial charge in [0, 0.05) is 17.7 Å². The number of non-ortho nitro benzene ring substituents is 1. The van der Waals surface area contributed by atoms with Crippen LogP contribution in [-0.4, -0.2) is 39.2 Å². The number of rotatable bonds is 5. The zero-order valence-corrected chi connectivity index (χ0v) is 9.94. The van der Waals surface area contributed by atoms with Crippen LogP contribution < -0.4 is 5.32 Å². The second-order valence-electron chi connectivity index (χ2n) is 3.83. The standard InChI is InChI=1S/C11H12N2O6/c1-6(14)9(11(16)17)12-10(15)7-2-4-8(5-3-7)13(18)19/h2-6,9,14H,1H3,(H,12,15)(H,16,17)/t6-,9+/m1/s1. The van der Waals surface area contributed by atoms with Crippen LogP contribution in [-0.2, 0) is 4.79 Å². The fraction of sp³-hybridized carbons (Fsp3) is 0.273. The first-order valence-electron chi connectivity index (χ1n) is 5.29. The van der Waals surface area contributed by atoms with Crippen LogP contribution >= 0.6 is 0 Å². The number of aliphatic hydroxyl groups excluding tert-OH is 1. The number of hydrogen-bond donors (Lipinski definition) is 3. The van der Waals surface area contributed by atoms with Crippen molar-refractivity contribution in [3.05, 3.63) is 39.9 Å². The summed E-state index contributed by atoms with van der Waals surface area (Å²) in [6, 6.07) is 3.23. The molecule has 0 aliphatic rings. The lowest BCUT2D eigenvalue weighted by atomic mass is 10.1. The SMILES string of the molecule is C[C@@H](O)[C@H](NC(=O)c1ccc([N+](=O)[O-])cc1)C(=O)O. The number of nitrogens with zero attached hydrogens (tertiary/aromatic N) is 1. The van der Waals surface area contributed by atoms with Crippen molar-refractivity contribution < 1.29 is 24.7 Å². The number of benzene rings is 1.